The summed E-state index contributed by atoms with van der Waals surface area (Å²) in [6, 6.07) is 7.24. The molecule has 5 heteroatoms. The first-order valence-corrected chi connectivity index (χ1v) is 7.25. The maximum absolute atomic E-state index is 11.3. The number of allylic oxidation sites excluding steroid dienone is 1. The van der Waals surface area contributed by atoms with Crippen molar-refractivity contribution in [1.29, 1.82) is 0 Å². The molecule has 1 heterocycles. The Morgan fingerprint density at radius 1 is 1.27 bits per heavy atom. The molecule has 0 amide bonds. The molecule has 0 aliphatic rings. The Morgan fingerprint density at radius 3 is 2.59 bits per heavy atom. The molecule has 22 heavy (non-hydrogen) atoms. The fraction of sp³-hybridized carbons (Fsp3) is 0.235. The lowest BCUT2D eigenvalue weighted by Crippen LogP contribution is -2.03. The number of ketones is 1. The van der Waals surface area contributed by atoms with E-state index in [4.69, 9.17) is 0 Å². The molecule has 2 aromatic rings. The third kappa shape index (κ3) is 3.91. The van der Waals surface area contributed by atoms with E-state index in [1.807, 2.05) is 37.5 Å². The Bertz CT molecular complexity index is 678. The van der Waals surface area contributed by atoms with Gasteiger partial charge in [0.25, 0.3) is 0 Å². The first-order valence-electron chi connectivity index (χ1n) is 7.25. The minimum atomic E-state index is 0.0490. The van der Waals surface area contributed by atoms with E-state index in [0.717, 1.165) is 23.5 Å². The molecule has 0 saturated carbocycles. The van der Waals surface area contributed by atoms with E-state index in [2.05, 4.69) is 27.5 Å². The molecule has 0 aliphatic heterocycles. The predicted octanol–water partition coefficient (Wildman–Crippen LogP) is 3.93. The highest BCUT2D eigenvalue weighted by molar-refractivity contribution is 5.94. The van der Waals surface area contributed by atoms with Crippen LogP contribution >= 0.6 is 0 Å². The topological polar surface area (TPSA) is 66.9 Å². The molecule has 1 aromatic heterocycles. The third-order valence-electron chi connectivity index (χ3n) is 3.18. The average molecular weight is 296 g/mol. The van der Waals surface area contributed by atoms with Crippen LogP contribution in [0.4, 0.5) is 17.5 Å². The van der Waals surface area contributed by atoms with E-state index in [-0.39, 0.29) is 5.78 Å². The number of nitrogens with zero attached hydrogens (tertiary/aromatic N) is 2. The van der Waals surface area contributed by atoms with Crippen LogP contribution < -0.4 is 10.6 Å². The van der Waals surface area contributed by atoms with Gasteiger partial charge in [-0.15, -0.1) is 0 Å². The minimum Gasteiger partial charge on any atom is -0.347 e. The molecule has 1 aromatic carbocycles. The number of hydrogen-bond acceptors (Lipinski definition) is 5. The van der Waals surface area contributed by atoms with Crippen LogP contribution in [-0.4, -0.2) is 15.8 Å². The van der Waals surface area contributed by atoms with Crippen LogP contribution in [0.3, 0.4) is 0 Å². The SMILES string of the molecule is C/C=C\Nc1nc(Nc2ccc(C(C)=O)cc2)ncc1CC. The highest BCUT2D eigenvalue weighted by Gasteiger charge is 2.05. The molecule has 0 radical (unpaired) electrons. The van der Waals surface area contributed by atoms with Crippen molar-refractivity contribution >= 4 is 23.2 Å². The van der Waals surface area contributed by atoms with Crippen LogP contribution in [0.1, 0.15) is 36.7 Å². The molecular formula is C17H20N4O. The van der Waals surface area contributed by atoms with Crippen LogP contribution in [0.5, 0.6) is 0 Å². The molecule has 0 aliphatic carbocycles. The summed E-state index contributed by atoms with van der Waals surface area (Å²) in [7, 11) is 0. The van der Waals surface area contributed by atoms with Gasteiger partial charge in [0.15, 0.2) is 5.78 Å². The second-order valence-electron chi connectivity index (χ2n) is 4.82. The Kier molecular flexibility index (Phi) is 5.25. The van der Waals surface area contributed by atoms with Crippen LogP contribution in [0.25, 0.3) is 0 Å². The van der Waals surface area contributed by atoms with Gasteiger partial charge in [-0.3, -0.25) is 4.79 Å². The molecule has 114 valence electrons. The van der Waals surface area contributed by atoms with Gasteiger partial charge in [0.2, 0.25) is 5.95 Å². The zero-order chi connectivity index (χ0) is 15.9. The van der Waals surface area contributed by atoms with Crippen molar-refractivity contribution in [3.8, 4) is 0 Å². The summed E-state index contributed by atoms with van der Waals surface area (Å²) in [5.74, 6) is 1.35. The standard InChI is InChI=1S/C17H20N4O/c1-4-10-18-16-13(5-2)11-19-17(21-16)20-15-8-6-14(7-9-15)12(3)22/h4,6-11H,5H2,1-3H3,(H2,18,19,20,21)/b10-4-. The molecule has 0 unspecified atom stereocenters. The zero-order valence-electron chi connectivity index (χ0n) is 13.1. The minimum absolute atomic E-state index is 0.0490. The van der Waals surface area contributed by atoms with Gasteiger partial charge in [0.1, 0.15) is 5.82 Å². The van der Waals surface area contributed by atoms with Gasteiger partial charge in [-0.05, 0) is 50.7 Å². The van der Waals surface area contributed by atoms with Crippen molar-refractivity contribution < 1.29 is 4.79 Å². The zero-order valence-corrected chi connectivity index (χ0v) is 13.1. The normalized spacial score (nSPS) is 10.7. The smallest absolute Gasteiger partial charge is 0.229 e. The van der Waals surface area contributed by atoms with Gasteiger partial charge in [-0.2, -0.15) is 4.98 Å². The summed E-state index contributed by atoms with van der Waals surface area (Å²) in [6.45, 7) is 5.55. The number of hydrogen-bond donors (Lipinski definition) is 2. The van der Waals surface area contributed by atoms with Gasteiger partial charge >= 0.3 is 0 Å². The van der Waals surface area contributed by atoms with Crippen LogP contribution in [0, 0.1) is 0 Å². The third-order valence-corrected chi connectivity index (χ3v) is 3.18. The quantitative estimate of drug-likeness (QED) is 0.791. The predicted molar refractivity (Wildman–Crippen MR) is 89.6 cm³/mol. The highest BCUT2D eigenvalue weighted by Crippen LogP contribution is 2.18. The lowest BCUT2D eigenvalue weighted by molar-refractivity contribution is 0.101. The number of aromatic nitrogens is 2. The van der Waals surface area contributed by atoms with Crippen molar-refractivity contribution in [2.24, 2.45) is 0 Å². The Morgan fingerprint density at radius 2 is 2.00 bits per heavy atom. The molecule has 5 nitrogen and oxygen atoms in total. The molecule has 0 fully saturated rings. The number of benzene rings is 1. The van der Waals surface area contributed by atoms with Gasteiger partial charge < -0.3 is 10.6 Å². The first-order chi connectivity index (χ1) is 10.6. The maximum atomic E-state index is 11.3. The lowest BCUT2D eigenvalue weighted by atomic mass is 10.1. The average Bonchev–Trinajstić information content (AvgIpc) is 2.53. The fourth-order valence-corrected chi connectivity index (χ4v) is 1.93. The number of anilines is 3. The van der Waals surface area contributed by atoms with E-state index >= 15 is 0 Å². The van der Waals surface area contributed by atoms with Gasteiger partial charge in [-0.1, -0.05) is 13.0 Å². The summed E-state index contributed by atoms with van der Waals surface area (Å²) in [5, 5.41) is 6.29. The second kappa shape index (κ2) is 7.36. The van der Waals surface area contributed by atoms with E-state index in [1.54, 1.807) is 19.1 Å². The fourth-order valence-electron chi connectivity index (χ4n) is 1.93. The van der Waals surface area contributed by atoms with Crippen molar-refractivity contribution in [2.45, 2.75) is 27.2 Å². The van der Waals surface area contributed by atoms with Crippen molar-refractivity contribution in [3.63, 3.8) is 0 Å². The van der Waals surface area contributed by atoms with E-state index in [0.29, 0.717) is 11.5 Å². The van der Waals surface area contributed by atoms with Gasteiger partial charge in [0, 0.05) is 23.0 Å². The lowest BCUT2D eigenvalue weighted by Gasteiger charge is -2.10. The largest absolute Gasteiger partial charge is 0.347 e. The Balaban J connectivity index is 2.20. The van der Waals surface area contributed by atoms with Crippen LogP contribution in [-0.2, 0) is 6.42 Å². The van der Waals surface area contributed by atoms with Crippen molar-refractivity contribution in [1.82, 2.24) is 9.97 Å². The summed E-state index contributed by atoms with van der Waals surface area (Å²) in [5.41, 5.74) is 2.57. The van der Waals surface area contributed by atoms with E-state index < -0.39 is 0 Å². The summed E-state index contributed by atoms with van der Waals surface area (Å²) in [6.07, 6.45) is 6.42. The Hall–Kier alpha value is -2.69. The summed E-state index contributed by atoms with van der Waals surface area (Å²) in [4.78, 5) is 20.1. The molecule has 0 spiro atoms. The van der Waals surface area contributed by atoms with Gasteiger partial charge in [-0.25, -0.2) is 4.98 Å². The molecule has 2 rings (SSSR count). The number of carbonyl (C=O) groups is 1. The number of aryl methyl sites for hydroxylation is 1. The van der Waals surface area contributed by atoms with Crippen molar-refractivity contribution in [2.75, 3.05) is 10.6 Å². The molecule has 0 saturated heterocycles. The van der Waals surface area contributed by atoms with E-state index in [1.165, 1.54) is 0 Å². The molecule has 0 bridgehead atoms. The second-order valence-corrected chi connectivity index (χ2v) is 4.82. The van der Waals surface area contributed by atoms with Gasteiger partial charge in [0.05, 0.1) is 0 Å². The number of rotatable bonds is 6. The number of nitrogens with one attached hydrogen (secondary N) is 2. The van der Waals surface area contributed by atoms with Crippen LogP contribution in [0.15, 0.2) is 42.7 Å². The summed E-state index contributed by atoms with van der Waals surface area (Å²) >= 11 is 0. The molecular weight excluding hydrogens is 276 g/mol. The summed E-state index contributed by atoms with van der Waals surface area (Å²) < 4.78 is 0. The first kappa shape index (κ1) is 15.7. The van der Waals surface area contributed by atoms with Crippen molar-refractivity contribution in [3.05, 3.63) is 53.9 Å². The molecule has 2 N–H and O–H groups in total. The number of Topliss-reactive ketones (excluding diaryl/α,β-unsaturated/α-hetero) is 1. The number of carbonyl (C=O) groups excluding carboxylic acids is 1. The van der Waals surface area contributed by atoms with Crippen LogP contribution in [0.2, 0.25) is 0 Å². The Labute approximate surface area is 130 Å². The highest BCUT2D eigenvalue weighted by atomic mass is 16.1. The molecule has 0 atom stereocenters. The maximum Gasteiger partial charge on any atom is 0.229 e. The van der Waals surface area contributed by atoms with E-state index in [9.17, 15) is 4.79 Å². The monoisotopic (exact) mass is 296 g/mol.